The first-order valence-electron chi connectivity index (χ1n) is 7.23. The lowest BCUT2D eigenvalue weighted by Gasteiger charge is -2.07. The number of pyridine rings is 1. The Labute approximate surface area is 135 Å². The first-order valence-corrected chi connectivity index (χ1v) is 7.23. The van der Waals surface area contributed by atoms with Gasteiger partial charge in [0.05, 0.1) is 11.2 Å². The van der Waals surface area contributed by atoms with Gasteiger partial charge in [0.2, 0.25) is 0 Å². The number of phenolic OH excluding ortho intramolecular Hbond substituents is 1. The summed E-state index contributed by atoms with van der Waals surface area (Å²) < 4.78 is 2.04. The lowest BCUT2D eigenvalue weighted by atomic mass is 10.1. The van der Waals surface area contributed by atoms with Gasteiger partial charge in [-0.3, -0.25) is 4.98 Å². The maximum atomic E-state index is 12.7. The van der Waals surface area contributed by atoms with Crippen LogP contribution in [0, 0.1) is 0 Å². The van der Waals surface area contributed by atoms with E-state index in [9.17, 15) is 14.7 Å². The molecule has 0 fully saturated rings. The van der Waals surface area contributed by atoms with Crippen molar-refractivity contribution in [2.45, 2.75) is 0 Å². The molecular weight excluding hydrogens is 308 g/mol. The topological polar surface area (TPSA) is 92.9 Å². The van der Waals surface area contributed by atoms with E-state index >= 15 is 0 Å². The predicted octanol–water partition coefficient (Wildman–Crippen LogP) is 1.57. The van der Waals surface area contributed by atoms with Crippen molar-refractivity contribution in [3.8, 4) is 17.1 Å². The molecule has 2 aromatic heterocycles. The number of aromatic hydroxyl groups is 1. The van der Waals surface area contributed by atoms with Crippen molar-refractivity contribution < 1.29 is 5.11 Å². The summed E-state index contributed by atoms with van der Waals surface area (Å²) in [6.45, 7) is 0. The minimum atomic E-state index is -0.599. The Morgan fingerprint density at radius 2 is 1.75 bits per heavy atom. The molecule has 2 N–H and O–H groups in total. The van der Waals surface area contributed by atoms with Gasteiger partial charge in [-0.1, -0.05) is 18.2 Å². The van der Waals surface area contributed by atoms with Gasteiger partial charge >= 0.3 is 11.4 Å². The monoisotopic (exact) mass is 320 g/mol. The van der Waals surface area contributed by atoms with Crippen LogP contribution in [0.25, 0.3) is 22.3 Å². The van der Waals surface area contributed by atoms with Crippen LogP contribution in [0.15, 0.2) is 70.4 Å². The zero-order chi connectivity index (χ0) is 16.7. The number of hydrogen-bond acceptors (Lipinski definition) is 4. The molecule has 0 radical (unpaired) electrons. The maximum absolute atomic E-state index is 12.7. The van der Waals surface area contributed by atoms with Gasteiger partial charge < -0.3 is 5.11 Å². The summed E-state index contributed by atoms with van der Waals surface area (Å²) >= 11 is 0. The van der Waals surface area contributed by atoms with Crippen molar-refractivity contribution >= 4 is 10.9 Å². The molecule has 24 heavy (non-hydrogen) atoms. The van der Waals surface area contributed by atoms with Crippen LogP contribution in [0.2, 0.25) is 0 Å². The molecule has 0 atom stereocenters. The number of nitrogens with one attached hydrogen (secondary N) is 1. The van der Waals surface area contributed by atoms with Crippen LogP contribution in [0.5, 0.6) is 5.75 Å². The van der Waals surface area contributed by atoms with Crippen molar-refractivity contribution in [1.29, 1.82) is 0 Å². The van der Waals surface area contributed by atoms with E-state index in [1.807, 2.05) is 0 Å². The van der Waals surface area contributed by atoms with Crippen molar-refractivity contribution in [3.63, 3.8) is 0 Å². The number of para-hydroxylation sites is 1. The molecule has 0 unspecified atom stereocenters. The molecule has 4 rings (SSSR count). The van der Waals surface area contributed by atoms with Crippen molar-refractivity contribution in [1.82, 2.24) is 19.3 Å². The SMILES string of the molecule is O=c1[nH]n(-c2c(O)ccc3ncccc23)c(=O)n1-c1ccccc1. The fourth-order valence-electron chi connectivity index (χ4n) is 2.70. The van der Waals surface area contributed by atoms with Crippen LogP contribution in [0.3, 0.4) is 0 Å². The van der Waals surface area contributed by atoms with E-state index in [4.69, 9.17) is 0 Å². The molecule has 0 saturated heterocycles. The van der Waals surface area contributed by atoms with E-state index in [0.29, 0.717) is 16.6 Å². The number of benzene rings is 2. The third kappa shape index (κ3) is 2.03. The van der Waals surface area contributed by atoms with Gasteiger partial charge in [0.25, 0.3) is 0 Å². The van der Waals surface area contributed by atoms with Crippen LogP contribution in [-0.4, -0.2) is 24.4 Å². The van der Waals surface area contributed by atoms with Crippen molar-refractivity contribution in [2.75, 3.05) is 0 Å². The number of hydrogen-bond donors (Lipinski definition) is 2. The summed E-state index contributed by atoms with van der Waals surface area (Å²) in [5.41, 5.74) is 0.0487. The zero-order valence-electron chi connectivity index (χ0n) is 12.4. The molecule has 2 heterocycles. The molecule has 0 aliphatic heterocycles. The van der Waals surface area contributed by atoms with Crippen LogP contribution < -0.4 is 11.4 Å². The third-order valence-electron chi connectivity index (χ3n) is 3.77. The second-order valence-corrected chi connectivity index (χ2v) is 5.21. The lowest BCUT2D eigenvalue weighted by Crippen LogP contribution is -2.26. The lowest BCUT2D eigenvalue weighted by molar-refractivity contribution is 0.470. The highest BCUT2D eigenvalue weighted by molar-refractivity contribution is 5.89. The minimum absolute atomic E-state index is 0.126. The van der Waals surface area contributed by atoms with Crippen molar-refractivity contribution in [3.05, 3.63) is 81.8 Å². The third-order valence-corrected chi connectivity index (χ3v) is 3.77. The molecule has 0 aliphatic rings. The second kappa shape index (κ2) is 5.24. The largest absolute Gasteiger partial charge is 0.506 e. The van der Waals surface area contributed by atoms with Crippen LogP contribution >= 0.6 is 0 Å². The Balaban J connectivity index is 2.06. The van der Waals surface area contributed by atoms with Crippen molar-refractivity contribution in [2.24, 2.45) is 0 Å². The molecule has 0 amide bonds. The van der Waals surface area contributed by atoms with E-state index in [1.165, 1.54) is 6.07 Å². The van der Waals surface area contributed by atoms with E-state index in [1.54, 1.807) is 54.7 Å². The number of aromatic amines is 1. The highest BCUT2D eigenvalue weighted by Crippen LogP contribution is 2.27. The zero-order valence-corrected chi connectivity index (χ0v) is 12.4. The fourth-order valence-corrected chi connectivity index (χ4v) is 2.70. The van der Waals surface area contributed by atoms with Gasteiger partial charge in [0.15, 0.2) is 0 Å². The van der Waals surface area contributed by atoms with Gasteiger partial charge in [0, 0.05) is 11.6 Å². The number of nitrogens with zero attached hydrogens (tertiary/aromatic N) is 3. The quantitative estimate of drug-likeness (QED) is 0.586. The number of H-pyrrole nitrogens is 1. The predicted molar refractivity (Wildman–Crippen MR) is 89.0 cm³/mol. The van der Waals surface area contributed by atoms with Gasteiger partial charge in [-0.05, 0) is 36.4 Å². The van der Waals surface area contributed by atoms with Gasteiger partial charge in [0.1, 0.15) is 11.4 Å². The number of phenols is 1. The molecule has 7 heteroatoms. The summed E-state index contributed by atoms with van der Waals surface area (Å²) in [5, 5.41) is 13.3. The molecule has 0 aliphatic carbocycles. The highest BCUT2D eigenvalue weighted by atomic mass is 16.3. The van der Waals surface area contributed by atoms with E-state index in [0.717, 1.165) is 9.25 Å². The summed E-state index contributed by atoms with van der Waals surface area (Å²) in [6.07, 6.45) is 1.61. The molecule has 2 aromatic carbocycles. The molecule has 0 bridgehead atoms. The van der Waals surface area contributed by atoms with Crippen LogP contribution in [0.1, 0.15) is 0 Å². The van der Waals surface area contributed by atoms with E-state index < -0.39 is 11.4 Å². The van der Waals surface area contributed by atoms with Gasteiger partial charge in [-0.15, -0.1) is 0 Å². The second-order valence-electron chi connectivity index (χ2n) is 5.21. The standard InChI is InChI=1S/C17H12N4O3/c22-14-9-8-13-12(7-4-10-18-13)15(14)21-17(24)20(16(23)19-21)11-5-2-1-3-6-11/h1-10,22H,(H,19,23). The van der Waals surface area contributed by atoms with Gasteiger partial charge in [-0.2, -0.15) is 4.68 Å². The summed E-state index contributed by atoms with van der Waals surface area (Å²) in [6, 6.07) is 15.1. The summed E-state index contributed by atoms with van der Waals surface area (Å²) in [5.74, 6) is -0.126. The minimum Gasteiger partial charge on any atom is -0.506 e. The van der Waals surface area contributed by atoms with E-state index in [-0.39, 0.29) is 11.4 Å². The van der Waals surface area contributed by atoms with Crippen LogP contribution in [-0.2, 0) is 0 Å². The Bertz CT molecular complexity index is 1160. The first kappa shape index (κ1) is 14.0. The number of aromatic nitrogens is 4. The summed E-state index contributed by atoms with van der Waals surface area (Å²) in [7, 11) is 0. The Hall–Kier alpha value is -3.61. The fraction of sp³-hybridized carbons (Fsp3) is 0. The Morgan fingerprint density at radius 1 is 0.958 bits per heavy atom. The highest BCUT2D eigenvalue weighted by Gasteiger charge is 2.17. The average molecular weight is 320 g/mol. The average Bonchev–Trinajstić information content (AvgIpc) is 2.90. The molecule has 118 valence electrons. The first-order chi connectivity index (χ1) is 11.7. The molecule has 4 aromatic rings. The number of fused-ring (bicyclic) bond motifs is 1. The van der Waals surface area contributed by atoms with E-state index in [2.05, 4.69) is 10.1 Å². The molecule has 7 nitrogen and oxygen atoms in total. The Kier molecular flexibility index (Phi) is 3.06. The normalized spacial score (nSPS) is 11.0. The molecule has 0 saturated carbocycles. The smallest absolute Gasteiger partial charge is 0.356 e. The Morgan fingerprint density at radius 3 is 2.54 bits per heavy atom. The molecule has 0 spiro atoms. The maximum Gasteiger partial charge on any atom is 0.356 e. The molecular formula is C17H12N4O3. The summed E-state index contributed by atoms with van der Waals surface area (Å²) in [4.78, 5) is 29.2. The van der Waals surface area contributed by atoms with Gasteiger partial charge in [-0.25, -0.2) is 19.3 Å². The number of rotatable bonds is 2. The van der Waals surface area contributed by atoms with Crippen LogP contribution in [0.4, 0.5) is 0 Å².